The van der Waals surface area contributed by atoms with Crippen LogP contribution in [0, 0.1) is 18.2 Å². The Bertz CT molecular complexity index is 1180. The van der Waals surface area contributed by atoms with Crippen molar-refractivity contribution < 1.29 is 40.2 Å². The van der Waals surface area contributed by atoms with Crippen LogP contribution in [0.5, 0.6) is 0 Å². The van der Waals surface area contributed by atoms with Crippen LogP contribution in [0.4, 0.5) is 23.2 Å². The SMILES string of the molecule is C#Cc1cc(CNC(=O)C=CC2=CC=C(C(F)(F)F)OC2NCCOC)cc(F)c1NS(C)(=O)=O. The number of amides is 1. The lowest BCUT2D eigenvalue weighted by Crippen LogP contribution is -2.38. The zero-order valence-corrected chi connectivity index (χ0v) is 19.5. The summed E-state index contributed by atoms with van der Waals surface area (Å²) in [4.78, 5) is 12.2. The van der Waals surface area contributed by atoms with E-state index in [0.717, 1.165) is 24.5 Å². The van der Waals surface area contributed by atoms with E-state index < -0.39 is 39.9 Å². The van der Waals surface area contributed by atoms with E-state index in [9.17, 15) is 30.8 Å². The first-order valence-corrected chi connectivity index (χ1v) is 11.8. The fourth-order valence-electron chi connectivity index (χ4n) is 2.84. The highest BCUT2D eigenvalue weighted by Gasteiger charge is 2.38. The third-order valence-electron chi connectivity index (χ3n) is 4.38. The molecule has 8 nitrogen and oxygen atoms in total. The van der Waals surface area contributed by atoms with Crippen molar-refractivity contribution in [3.8, 4) is 12.3 Å². The monoisotopic (exact) mass is 517 g/mol. The Morgan fingerprint density at radius 1 is 1.31 bits per heavy atom. The van der Waals surface area contributed by atoms with Crippen LogP contribution in [-0.2, 0) is 30.8 Å². The summed E-state index contributed by atoms with van der Waals surface area (Å²) in [5.74, 6) is -0.562. The molecule has 13 heteroatoms. The summed E-state index contributed by atoms with van der Waals surface area (Å²) >= 11 is 0. The zero-order chi connectivity index (χ0) is 26.2. The third kappa shape index (κ3) is 8.75. The Morgan fingerprint density at radius 3 is 2.63 bits per heavy atom. The van der Waals surface area contributed by atoms with Crippen molar-refractivity contribution in [3.63, 3.8) is 0 Å². The quantitative estimate of drug-likeness (QED) is 0.190. The summed E-state index contributed by atoms with van der Waals surface area (Å²) in [6.07, 6.45) is 4.60. The van der Waals surface area contributed by atoms with Gasteiger partial charge in [-0.1, -0.05) is 12.0 Å². The molecule has 0 saturated carbocycles. The smallest absolute Gasteiger partial charge is 0.448 e. The second kappa shape index (κ2) is 11.9. The number of carbonyl (C=O) groups is 1. The highest BCUT2D eigenvalue weighted by atomic mass is 32.2. The van der Waals surface area contributed by atoms with Crippen molar-refractivity contribution in [1.29, 1.82) is 0 Å². The Hall–Kier alpha value is -3.34. The number of carbonyl (C=O) groups excluding carboxylic acids is 1. The van der Waals surface area contributed by atoms with Gasteiger partial charge in [-0.3, -0.25) is 14.8 Å². The summed E-state index contributed by atoms with van der Waals surface area (Å²) < 4.78 is 87.9. The number of hydrogen-bond donors (Lipinski definition) is 3. The molecule has 2 rings (SSSR count). The second-order valence-corrected chi connectivity index (χ2v) is 8.96. The van der Waals surface area contributed by atoms with Crippen molar-refractivity contribution in [2.45, 2.75) is 18.9 Å². The molecule has 1 amide bonds. The number of sulfonamides is 1. The van der Waals surface area contributed by atoms with Crippen LogP contribution in [-0.4, -0.2) is 53.2 Å². The molecule has 1 atom stereocenters. The molecule has 1 aromatic rings. The number of ether oxygens (including phenoxy) is 2. The van der Waals surface area contributed by atoms with Crippen LogP contribution in [0.2, 0.25) is 0 Å². The first-order chi connectivity index (χ1) is 16.3. The van der Waals surface area contributed by atoms with Crippen LogP contribution < -0.4 is 15.4 Å². The van der Waals surface area contributed by atoms with E-state index in [-0.39, 0.29) is 42.1 Å². The maximum absolute atomic E-state index is 14.4. The average Bonchev–Trinajstić information content (AvgIpc) is 2.76. The van der Waals surface area contributed by atoms with Gasteiger partial charge in [-0.25, -0.2) is 12.8 Å². The molecule has 190 valence electrons. The largest absolute Gasteiger partial charge is 0.466 e. The van der Waals surface area contributed by atoms with Crippen LogP contribution in [0.25, 0.3) is 0 Å². The van der Waals surface area contributed by atoms with Crippen molar-refractivity contribution in [2.24, 2.45) is 0 Å². The van der Waals surface area contributed by atoms with Crippen molar-refractivity contribution in [2.75, 3.05) is 31.2 Å². The number of terminal acetylenes is 1. The summed E-state index contributed by atoms with van der Waals surface area (Å²) in [6.45, 7) is 0.255. The molecule has 1 aromatic carbocycles. The minimum atomic E-state index is -4.68. The molecule has 3 N–H and O–H groups in total. The molecule has 0 saturated heterocycles. The number of benzene rings is 1. The van der Waals surface area contributed by atoms with Crippen molar-refractivity contribution in [1.82, 2.24) is 10.6 Å². The average molecular weight is 518 g/mol. The molecular weight excluding hydrogens is 494 g/mol. The molecule has 0 aliphatic carbocycles. The highest BCUT2D eigenvalue weighted by molar-refractivity contribution is 7.92. The number of nitrogens with one attached hydrogen (secondary N) is 3. The zero-order valence-electron chi connectivity index (χ0n) is 18.7. The molecular formula is C22H23F4N3O5S. The van der Waals surface area contributed by atoms with Gasteiger partial charge < -0.3 is 14.8 Å². The Balaban J connectivity index is 2.10. The maximum atomic E-state index is 14.4. The van der Waals surface area contributed by atoms with E-state index in [0.29, 0.717) is 0 Å². The van der Waals surface area contributed by atoms with Gasteiger partial charge >= 0.3 is 6.18 Å². The number of rotatable bonds is 10. The number of allylic oxidation sites excluding steroid dienone is 3. The predicted molar refractivity (Wildman–Crippen MR) is 121 cm³/mol. The molecule has 1 heterocycles. The van der Waals surface area contributed by atoms with E-state index >= 15 is 0 Å². The number of halogens is 4. The third-order valence-corrected chi connectivity index (χ3v) is 4.95. The minimum Gasteiger partial charge on any atom is -0.466 e. The van der Waals surface area contributed by atoms with Gasteiger partial charge in [-0.15, -0.1) is 6.42 Å². The lowest BCUT2D eigenvalue weighted by atomic mass is 10.1. The highest BCUT2D eigenvalue weighted by Crippen LogP contribution is 2.31. The van der Waals surface area contributed by atoms with Crippen LogP contribution in [0.3, 0.4) is 0 Å². The number of alkyl halides is 3. The van der Waals surface area contributed by atoms with Crippen LogP contribution >= 0.6 is 0 Å². The lowest BCUT2D eigenvalue weighted by Gasteiger charge is -2.26. The summed E-state index contributed by atoms with van der Waals surface area (Å²) in [6, 6.07) is 2.34. The van der Waals surface area contributed by atoms with Crippen molar-refractivity contribution in [3.05, 3.63) is 64.7 Å². The van der Waals surface area contributed by atoms with Gasteiger partial charge in [0.1, 0.15) is 5.82 Å². The topological polar surface area (TPSA) is 106 Å². The number of methoxy groups -OCH3 is 1. The second-order valence-electron chi connectivity index (χ2n) is 7.21. The molecule has 0 bridgehead atoms. The van der Waals surface area contributed by atoms with E-state index in [2.05, 4.69) is 16.6 Å². The molecule has 0 spiro atoms. The predicted octanol–water partition coefficient (Wildman–Crippen LogP) is 2.32. The molecule has 0 radical (unpaired) electrons. The number of anilines is 1. The Kier molecular flexibility index (Phi) is 9.47. The van der Waals surface area contributed by atoms with Gasteiger partial charge in [0.15, 0.2) is 6.23 Å². The maximum Gasteiger partial charge on any atom is 0.448 e. The summed E-state index contributed by atoms with van der Waals surface area (Å²) in [5.41, 5.74) is 0.0684. The van der Waals surface area contributed by atoms with Crippen LogP contribution in [0.15, 0.2) is 47.8 Å². The van der Waals surface area contributed by atoms with E-state index in [4.69, 9.17) is 15.9 Å². The van der Waals surface area contributed by atoms with Gasteiger partial charge in [-0.2, -0.15) is 13.2 Å². The van der Waals surface area contributed by atoms with Gasteiger partial charge in [0, 0.05) is 31.8 Å². The lowest BCUT2D eigenvalue weighted by molar-refractivity contribution is -0.140. The molecule has 0 fully saturated rings. The Morgan fingerprint density at radius 2 is 2.03 bits per heavy atom. The minimum absolute atomic E-state index is 0.0584. The van der Waals surface area contributed by atoms with Crippen LogP contribution in [0.1, 0.15) is 11.1 Å². The first-order valence-electron chi connectivity index (χ1n) is 9.95. The summed E-state index contributed by atoms with van der Waals surface area (Å²) in [5, 5.41) is 5.23. The molecule has 1 unspecified atom stereocenters. The van der Waals surface area contributed by atoms with Gasteiger partial charge in [0.05, 0.1) is 24.1 Å². The number of hydrogen-bond acceptors (Lipinski definition) is 6. The van der Waals surface area contributed by atoms with E-state index in [1.54, 1.807) is 0 Å². The fourth-order valence-corrected chi connectivity index (χ4v) is 3.42. The first kappa shape index (κ1) is 27.9. The van der Waals surface area contributed by atoms with Gasteiger partial charge in [0.2, 0.25) is 21.7 Å². The molecule has 35 heavy (non-hydrogen) atoms. The van der Waals surface area contributed by atoms with Crippen molar-refractivity contribution >= 4 is 21.6 Å². The standard InChI is InChI=1S/C22H23F4N3O5S/c1-4-15-11-14(12-17(23)20(15)29-35(3,31)32)13-28-19(30)8-6-16-5-7-18(22(24,25)26)34-21(16)27-9-10-33-2/h1,5-8,11-12,21,27,29H,9-10,13H2,2-3H3,(H,28,30). The molecule has 1 aliphatic heterocycles. The normalized spacial score (nSPS) is 16.2. The van der Waals surface area contributed by atoms with Gasteiger partial charge in [-0.05, 0) is 29.8 Å². The molecule has 0 aromatic heterocycles. The van der Waals surface area contributed by atoms with E-state index in [1.807, 2.05) is 4.72 Å². The summed E-state index contributed by atoms with van der Waals surface area (Å²) in [7, 11) is -2.34. The van der Waals surface area contributed by atoms with E-state index in [1.165, 1.54) is 25.3 Å². The fraction of sp³-hybridized carbons (Fsp3) is 0.318. The van der Waals surface area contributed by atoms with Gasteiger partial charge in [0.25, 0.3) is 0 Å². The Labute approximate surface area is 200 Å². The molecule has 1 aliphatic rings.